The van der Waals surface area contributed by atoms with E-state index in [1.54, 1.807) is 37.4 Å². The van der Waals surface area contributed by atoms with Crippen LogP contribution in [0.4, 0.5) is 0 Å². The van der Waals surface area contributed by atoms with Gasteiger partial charge in [0.25, 0.3) is 0 Å². The first kappa shape index (κ1) is 26.2. The molecule has 2 rings (SSSR count). The molecule has 2 aromatic rings. The lowest BCUT2D eigenvalue weighted by atomic mass is 10.1. The zero-order chi connectivity index (χ0) is 21.3. The summed E-state index contributed by atoms with van der Waals surface area (Å²) in [5.74, 6) is 1.39. The summed E-state index contributed by atoms with van der Waals surface area (Å²) in [7, 11) is -1.67. The van der Waals surface area contributed by atoms with Gasteiger partial charge in [-0.3, -0.25) is 4.99 Å². The fraction of sp³-hybridized carbons (Fsp3) is 0.409. The topological polar surface area (TPSA) is 79.8 Å². The summed E-state index contributed by atoms with van der Waals surface area (Å²) in [6.07, 6.45) is 1.07. The summed E-state index contributed by atoms with van der Waals surface area (Å²) < 4.78 is 30.8. The molecular weight excluding hydrogens is 513 g/mol. The predicted octanol–water partition coefficient (Wildman–Crippen LogP) is 3.93. The second-order valence-corrected chi connectivity index (χ2v) is 9.04. The summed E-state index contributed by atoms with van der Waals surface area (Å²) in [6.45, 7) is 6.97. The molecule has 0 saturated heterocycles. The van der Waals surface area contributed by atoms with Crippen molar-refractivity contribution in [3.8, 4) is 5.75 Å². The number of nitrogens with one attached hydrogen (secondary N) is 2. The van der Waals surface area contributed by atoms with Crippen LogP contribution in [0.25, 0.3) is 0 Å². The molecule has 166 valence electrons. The van der Waals surface area contributed by atoms with Crippen LogP contribution in [0.15, 0.2) is 58.4 Å². The molecule has 0 saturated carbocycles. The van der Waals surface area contributed by atoms with E-state index in [1.165, 1.54) is 0 Å². The summed E-state index contributed by atoms with van der Waals surface area (Å²) in [6, 6.07) is 14.6. The monoisotopic (exact) mass is 545 g/mol. The van der Waals surface area contributed by atoms with Crippen molar-refractivity contribution in [1.82, 2.24) is 10.6 Å². The minimum atomic E-state index is -3.32. The van der Waals surface area contributed by atoms with Crippen LogP contribution in [-0.2, 0) is 16.4 Å². The Morgan fingerprint density at radius 1 is 1.13 bits per heavy atom. The van der Waals surface area contributed by atoms with Crippen LogP contribution in [0.5, 0.6) is 5.75 Å². The van der Waals surface area contributed by atoms with E-state index in [4.69, 9.17) is 4.74 Å². The normalized spacial score (nSPS) is 12.6. The molecule has 0 heterocycles. The Morgan fingerprint density at radius 2 is 1.83 bits per heavy atom. The van der Waals surface area contributed by atoms with Crippen LogP contribution in [0, 0.1) is 6.92 Å². The lowest BCUT2D eigenvalue weighted by Gasteiger charge is -2.18. The summed E-state index contributed by atoms with van der Waals surface area (Å²) in [5.41, 5.74) is 2.16. The van der Waals surface area contributed by atoms with E-state index in [2.05, 4.69) is 22.5 Å². The van der Waals surface area contributed by atoms with Crippen molar-refractivity contribution in [1.29, 1.82) is 0 Å². The highest BCUT2D eigenvalue weighted by Gasteiger charge is 2.14. The highest BCUT2D eigenvalue weighted by atomic mass is 127. The molecule has 0 amide bonds. The molecule has 0 spiro atoms. The Balaban J connectivity index is 0.00000450. The molecule has 0 aliphatic carbocycles. The third-order valence-electron chi connectivity index (χ3n) is 4.56. The van der Waals surface area contributed by atoms with Gasteiger partial charge in [0.15, 0.2) is 15.8 Å². The average molecular weight is 545 g/mol. The first-order valence-electron chi connectivity index (χ1n) is 9.84. The van der Waals surface area contributed by atoms with Crippen molar-refractivity contribution < 1.29 is 13.2 Å². The first-order valence-corrected chi connectivity index (χ1v) is 11.5. The summed E-state index contributed by atoms with van der Waals surface area (Å²) in [5, 5.41) is 6.29. The van der Waals surface area contributed by atoms with Gasteiger partial charge in [0.2, 0.25) is 0 Å². The predicted molar refractivity (Wildman–Crippen MR) is 134 cm³/mol. The number of hydrogen-bond acceptors (Lipinski definition) is 4. The van der Waals surface area contributed by atoms with Gasteiger partial charge in [0.1, 0.15) is 5.75 Å². The smallest absolute Gasteiger partial charge is 0.191 e. The molecule has 2 N–H and O–H groups in total. The minimum absolute atomic E-state index is 0. The Labute approximate surface area is 197 Å². The largest absolute Gasteiger partial charge is 0.490 e. The van der Waals surface area contributed by atoms with Gasteiger partial charge in [-0.25, -0.2) is 8.42 Å². The number of ether oxygens (including phenoxy) is 1. The molecule has 6 nitrogen and oxygen atoms in total. The Hall–Kier alpha value is -1.81. The van der Waals surface area contributed by atoms with Crippen LogP contribution in [0.3, 0.4) is 0 Å². The summed E-state index contributed by atoms with van der Waals surface area (Å²) >= 11 is 0. The maximum atomic E-state index is 12.4. The molecule has 0 fully saturated rings. The van der Waals surface area contributed by atoms with Crippen molar-refractivity contribution in [2.75, 3.05) is 19.3 Å². The quantitative estimate of drug-likeness (QED) is 0.284. The number of aliphatic imine (C=N–C) groups is 1. The van der Waals surface area contributed by atoms with Gasteiger partial charge in [0.05, 0.1) is 16.8 Å². The Bertz CT molecular complexity index is 918. The fourth-order valence-electron chi connectivity index (χ4n) is 2.67. The fourth-order valence-corrected chi connectivity index (χ4v) is 3.84. The van der Waals surface area contributed by atoms with E-state index < -0.39 is 9.84 Å². The number of rotatable bonds is 9. The number of hydrogen-bond donors (Lipinski definition) is 2. The van der Waals surface area contributed by atoms with Crippen molar-refractivity contribution in [3.63, 3.8) is 0 Å². The molecule has 2 aromatic carbocycles. The first-order chi connectivity index (χ1) is 13.9. The zero-order valence-electron chi connectivity index (χ0n) is 18.0. The van der Waals surface area contributed by atoms with Crippen molar-refractivity contribution in [3.05, 3.63) is 59.7 Å². The number of nitrogens with zero attached hydrogens (tertiary/aromatic N) is 1. The molecular formula is C22H32IN3O3S. The van der Waals surface area contributed by atoms with Gasteiger partial charge in [-0.1, -0.05) is 37.3 Å². The van der Waals surface area contributed by atoms with E-state index in [0.717, 1.165) is 23.3 Å². The van der Waals surface area contributed by atoms with Crippen LogP contribution in [0.2, 0.25) is 0 Å². The van der Waals surface area contributed by atoms with Gasteiger partial charge >= 0.3 is 0 Å². The van der Waals surface area contributed by atoms with Crippen LogP contribution in [0.1, 0.15) is 31.4 Å². The van der Waals surface area contributed by atoms with E-state index in [0.29, 0.717) is 17.4 Å². The molecule has 30 heavy (non-hydrogen) atoms. The van der Waals surface area contributed by atoms with E-state index in [9.17, 15) is 8.42 Å². The molecule has 0 radical (unpaired) electrons. The molecule has 0 aromatic heterocycles. The number of benzene rings is 2. The van der Waals surface area contributed by atoms with Gasteiger partial charge < -0.3 is 15.4 Å². The number of guanidine groups is 1. The highest BCUT2D eigenvalue weighted by molar-refractivity contribution is 14.0. The zero-order valence-corrected chi connectivity index (χ0v) is 21.2. The van der Waals surface area contributed by atoms with E-state index >= 15 is 0 Å². The number of sulfone groups is 1. The van der Waals surface area contributed by atoms with Crippen molar-refractivity contribution in [2.24, 2.45) is 4.99 Å². The third kappa shape index (κ3) is 8.14. The molecule has 8 heteroatoms. The third-order valence-corrected chi connectivity index (χ3v) is 6.29. The SMILES string of the molecule is CCC(C)Oc1cc(C)ccc1CNC(=NC)NCCS(=O)(=O)c1ccccc1.I. The highest BCUT2D eigenvalue weighted by Crippen LogP contribution is 2.22. The molecule has 0 aliphatic heterocycles. The molecule has 0 aliphatic rings. The van der Waals surface area contributed by atoms with Gasteiger partial charge in [0, 0.05) is 25.7 Å². The average Bonchev–Trinajstić information content (AvgIpc) is 2.72. The Morgan fingerprint density at radius 3 is 2.47 bits per heavy atom. The molecule has 1 atom stereocenters. The maximum absolute atomic E-state index is 12.4. The Kier molecular flexibility index (Phi) is 11.2. The lowest BCUT2D eigenvalue weighted by Crippen LogP contribution is -2.39. The maximum Gasteiger partial charge on any atom is 0.191 e. The van der Waals surface area contributed by atoms with Crippen molar-refractivity contribution >= 4 is 39.8 Å². The number of halogens is 1. The lowest BCUT2D eigenvalue weighted by molar-refractivity contribution is 0.215. The van der Waals surface area contributed by atoms with Crippen LogP contribution in [-0.4, -0.2) is 39.8 Å². The van der Waals surface area contributed by atoms with Crippen LogP contribution < -0.4 is 15.4 Å². The standard InChI is InChI=1S/C22H31N3O3S.HI/c1-5-18(3)28-21-15-17(2)11-12-19(21)16-25-22(23-4)24-13-14-29(26,27)20-9-7-6-8-10-20;/h6-12,15,18H,5,13-14,16H2,1-4H3,(H2,23,24,25);1H. The molecule has 1 unspecified atom stereocenters. The van der Waals surface area contributed by atoms with Gasteiger partial charge in [-0.05, 0) is 44.0 Å². The van der Waals surface area contributed by atoms with E-state index in [1.807, 2.05) is 32.0 Å². The summed E-state index contributed by atoms with van der Waals surface area (Å²) in [4.78, 5) is 4.51. The van der Waals surface area contributed by atoms with Crippen molar-refractivity contribution in [2.45, 2.75) is 44.7 Å². The van der Waals surface area contributed by atoms with Gasteiger partial charge in [-0.2, -0.15) is 0 Å². The molecule has 0 bridgehead atoms. The second-order valence-electron chi connectivity index (χ2n) is 6.93. The second kappa shape index (κ2) is 12.8. The van der Waals surface area contributed by atoms with Gasteiger partial charge in [-0.15, -0.1) is 24.0 Å². The van der Waals surface area contributed by atoms with Crippen LogP contribution >= 0.6 is 24.0 Å². The van der Waals surface area contributed by atoms with E-state index in [-0.39, 0.29) is 42.4 Å². The minimum Gasteiger partial charge on any atom is -0.490 e. The number of aryl methyl sites for hydroxylation is 1.